The molecule has 1 aromatic heterocycles. The van der Waals surface area contributed by atoms with Gasteiger partial charge in [-0.05, 0) is 37.1 Å². The second-order valence-electron chi connectivity index (χ2n) is 7.21. The molecular weight excluding hydrogens is 356 g/mol. The van der Waals surface area contributed by atoms with Crippen molar-refractivity contribution in [3.8, 4) is 0 Å². The Balaban J connectivity index is 1.38. The zero-order chi connectivity index (χ0) is 19.7. The van der Waals surface area contributed by atoms with E-state index in [4.69, 9.17) is 0 Å². The maximum Gasteiger partial charge on any atom is 0.321 e. The number of amides is 3. The van der Waals surface area contributed by atoms with E-state index >= 15 is 0 Å². The molecule has 0 bridgehead atoms. The number of likely N-dealkylation sites (N-methyl/N-ethyl adjacent to an activating group) is 1. The number of carbonyl (C=O) groups is 2. The van der Waals surface area contributed by atoms with Crippen LogP contribution in [0.25, 0.3) is 0 Å². The molecule has 4 rings (SSSR count). The highest BCUT2D eigenvalue weighted by Gasteiger charge is 2.24. The van der Waals surface area contributed by atoms with Gasteiger partial charge in [0, 0.05) is 57.2 Å². The number of fused-ring (bicyclic) bond motifs is 1. The number of carbonyl (C=O) groups excluding carboxylic acids is 2. The summed E-state index contributed by atoms with van der Waals surface area (Å²) in [6.07, 6.45) is 2.60. The molecule has 0 aliphatic carbocycles. The molecule has 0 spiro atoms. The Morgan fingerprint density at radius 1 is 1.11 bits per heavy atom. The fraction of sp³-hybridized carbons (Fsp3) is 0.400. The van der Waals surface area contributed by atoms with Crippen molar-refractivity contribution in [3.05, 3.63) is 47.4 Å². The van der Waals surface area contributed by atoms with E-state index in [-0.39, 0.29) is 11.9 Å². The molecule has 28 heavy (non-hydrogen) atoms. The Bertz CT molecular complexity index is 907. The van der Waals surface area contributed by atoms with Gasteiger partial charge in [-0.15, -0.1) is 0 Å². The molecule has 2 aromatic rings. The zero-order valence-electron chi connectivity index (χ0n) is 16.2. The SMILES string of the molecule is Cc1nccc(N2CCN(C(=O)Nc3ccc4c(c3)C(=O)N(C)CC4)CC2)n1. The van der Waals surface area contributed by atoms with Crippen molar-refractivity contribution >= 4 is 23.4 Å². The van der Waals surface area contributed by atoms with E-state index in [0.717, 1.165) is 43.3 Å². The molecule has 1 saturated heterocycles. The van der Waals surface area contributed by atoms with Gasteiger partial charge in [-0.25, -0.2) is 14.8 Å². The summed E-state index contributed by atoms with van der Waals surface area (Å²) in [6.45, 7) is 5.26. The van der Waals surface area contributed by atoms with Crippen LogP contribution in [0.2, 0.25) is 0 Å². The molecule has 0 radical (unpaired) electrons. The van der Waals surface area contributed by atoms with Crippen LogP contribution in [-0.4, -0.2) is 71.5 Å². The quantitative estimate of drug-likeness (QED) is 0.859. The first-order chi connectivity index (χ1) is 13.5. The van der Waals surface area contributed by atoms with Crippen molar-refractivity contribution < 1.29 is 9.59 Å². The number of hydrogen-bond donors (Lipinski definition) is 1. The highest BCUT2D eigenvalue weighted by molar-refractivity contribution is 5.99. The normalized spacial score (nSPS) is 16.8. The Hall–Kier alpha value is -3.16. The molecule has 8 heteroatoms. The smallest absolute Gasteiger partial charge is 0.321 e. The molecular formula is C20H24N6O2. The molecule has 0 atom stereocenters. The number of nitrogens with zero attached hydrogens (tertiary/aromatic N) is 5. The summed E-state index contributed by atoms with van der Waals surface area (Å²) in [5, 5.41) is 2.93. The highest BCUT2D eigenvalue weighted by atomic mass is 16.2. The monoisotopic (exact) mass is 380 g/mol. The number of piperazine rings is 1. The topological polar surface area (TPSA) is 81.7 Å². The average Bonchev–Trinajstić information content (AvgIpc) is 2.71. The van der Waals surface area contributed by atoms with Gasteiger partial charge >= 0.3 is 6.03 Å². The minimum Gasteiger partial charge on any atom is -0.353 e. The highest BCUT2D eigenvalue weighted by Crippen LogP contribution is 2.22. The van der Waals surface area contributed by atoms with Crippen molar-refractivity contribution in [2.45, 2.75) is 13.3 Å². The summed E-state index contributed by atoms with van der Waals surface area (Å²) in [6, 6.07) is 7.34. The second-order valence-corrected chi connectivity index (χ2v) is 7.21. The lowest BCUT2D eigenvalue weighted by molar-refractivity contribution is 0.0781. The molecule has 1 fully saturated rings. The van der Waals surface area contributed by atoms with Gasteiger partial charge in [0.25, 0.3) is 5.91 Å². The minimum atomic E-state index is -0.143. The van der Waals surface area contributed by atoms with Crippen LogP contribution in [0.3, 0.4) is 0 Å². The summed E-state index contributed by atoms with van der Waals surface area (Å²) < 4.78 is 0. The van der Waals surface area contributed by atoms with Crippen LogP contribution in [0.1, 0.15) is 21.7 Å². The first kappa shape index (κ1) is 18.2. The van der Waals surface area contributed by atoms with Gasteiger partial charge in [-0.1, -0.05) is 6.07 Å². The van der Waals surface area contributed by atoms with Gasteiger partial charge in [0.2, 0.25) is 0 Å². The third-order valence-electron chi connectivity index (χ3n) is 5.31. The van der Waals surface area contributed by atoms with Crippen LogP contribution in [0.15, 0.2) is 30.5 Å². The van der Waals surface area contributed by atoms with Crippen LogP contribution in [0, 0.1) is 6.92 Å². The second kappa shape index (κ2) is 7.46. The number of aryl methyl sites for hydroxylation is 1. The largest absolute Gasteiger partial charge is 0.353 e. The predicted molar refractivity (Wildman–Crippen MR) is 107 cm³/mol. The summed E-state index contributed by atoms with van der Waals surface area (Å²) in [4.78, 5) is 39.2. The third kappa shape index (κ3) is 3.62. The van der Waals surface area contributed by atoms with Gasteiger partial charge in [0.1, 0.15) is 11.6 Å². The molecule has 1 N–H and O–H groups in total. The molecule has 3 heterocycles. The number of rotatable bonds is 2. The Morgan fingerprint density at radius 2 is 1.89 bits per heavy atom. The van der Waals surface area contributed by atoms with Crippen LogP contribution in [0.5, 0.6) is 0 Å². The summed E-state index contributed by atoms with van der Waals surface area (Å²) in [5.41, 5.74) is 2.37. The van der Waals surface area contributed by atoms with Crippen molar-refractivity contribution in [2.24, 2.45) is 0 Å². The first-order valence-electron chi connectivity index (χ1n) is 9.50. The van der Waals surface area contributed by atoms with Crippen molar-refractivity contribution in [3.63, 3.8) is 0 Å². The zero-order valence-corrected chi connectivity index (χ0v) is 16.2. The number of benzene rings is 1. The Labute approximate surface area is 164 Å². The van der Waals surface area contributed by atoms with E-state index in [1.807, 2.05) is 25.1 Å². The fourth-order valence-corrected chi connectivity index (χ4v) is 3.63. The maximum absolute atomic E-state index is 12.7. The van der Waals surface area contributed by atoms with E-state index in [2.05, 4.69) is 20.2 Å². The number of aromatic nitrogens is 2. The summed E-state index contributed by atoms with van der Waals surface area (Å²) >= 11 is 0. The van der Waals surface area contributed by atoms with Crippen molar-refractivity contribution in [1.29, 1.82) is 0 Å². The summed E-state index contributed by atoms with van der Waals surface area (Å²) in [5.74, 6) is 1.64. The molecule has 8 nitrogen and oxygen atoms in total. The standard InChI is InChI=1S/C20H24N6O2/c1-14-21-7-5-18(22-14)25-9-11-26(12-10-25)20(28)23-16-4-3-15-6-8-24(2)19(27)17(15)13-16/h3-5,7,13H,6,8-12H2,1-2H3,(H,23,28). The minimum absolute atomic E-state index is 0.00566. The lowest BCUT2D eigenvalue weighted by Crippen LogP contribution is -2.50. The first-order valence-corrected chi connectivity index (χ1v) is 9.50. The van der Waals surface area contributed by atoms with Gasteiger partial charge in [0.15, 0.2) is 0 Å². The van der Waals surface area contributed by atoms with Crippen molar-refractivity contribution in [2.75, 3.05) is 50.0 Å². The number of urea groups is 1. The number of hydrogen-bond acceptors (Lipinski definition) is 5. The van der Waals surface area contributed by atoms with E-state index in [1.54, 1.807) is 29.1 Å². The van der Waals surface area contributed by atoms with Crippen molar-refractivity contribution in [1.82, 2.24) is 19.8 Å². The molecule has 2 aliphatic heterocycles. The fourth-order valence-electron chi connectivity index (χ4n) is 3.63. The van der Waals surface area contributed by atoms with Gasteiger partial charge < -0.3 is 20.0 Å². The molecule has 3 amide bonds. The molecule has 1 aromatic carbocycles. The third-order valence-corrected chi connectivity index (χ3v) is 5.31. The lowest BCUT2D eigenvalue weighted by Gasteiger charge is -2.35. The van der Waals surface area contributed by atoms with Crippen LogP contribution in [-0.2, 0) is 6.42 Å². The van der Waals surface area contributed by atoms with Gasteiger partial charge in [0.05, 0.1) is 0 Å². The van der Waals surface area contributed by atoms with E-state index in [9.17, 15) is 9.59 Å². The number of anilines is 2. The molecule has 146 valence electrons. The Kier molecular flexibility index (Phi) is 4.85. The summed E-state index contributed by atoms with van der Waals surface area (Å²) in [7, 11) is 1.80. The predicted octanol–water partition coefficient (Wildman–Crippen LogP) is 1.77. The molecule has 0 unspecified atom stereocenters. The van der Waals surface area contributed by atoms with Gasteiger partial charge in [-0.2, -0.15) is 0 Å². The van der Waals surface area contributed by atoms with E-state index < -0.39 is 0 Å². The Morgan fingerprint density at radius 3 is 2.64 bits per heavy atom. The van der Waals surface area contributed by atoms with E-state index in [1.165, 1.54) is 0 Å². The van der Waals surface area contributed by atoms with E-state index in [0.29, 0.717) is 24.3 Å². The average molecular weight is 380 g/mol. The van der Waals surface area contributed by atoms with Crippen LogP contribution < -0.4 is 10.2 Å². The number of nitrogens with one attached hydrogen (secondary N) is 1. The lowest BCUT2D eigenvalue weighted by atomic mass is 9.99. The maximum atomic E-state index is 12.7. The molecule has 0 saturated carbocycles. The van der Waals surface area contributed by atoms with Crippen LogP contribution in [0.4, 0.5) is 16.3 Å². The molecule has 2 aliphatic rings. The van der Waals surface area contributed by atoms with Gasteiger partial charge in [-0.3, -0.25) is 4.79 Å². The van der Waals surface area contributed by atoms with Crippen LogP contribution >= 0.6 is 0 Å².